The highest BCUT2D eigenvalue weighted by Gasteiger charge is 2.02. The molecule has 1 aromatic carbocycles. The van der Waals surface area contributed by atoms with Gasteiger partial charge in [0.15, 0.2) is 0 Å². The van der Waals surface area contributed by atoms with Gasteiger partial charge in [-0.2, -0.15) is 5.10 Å². The van der Waals surface area contributed by atoms with Crippen LogP contribution >= 0.6 is 12.4 Å². The molecule has 0 spiro atoms. The number of guanidine groups is 1. The Kier molecular flexibility index (Phi) is 4.56. The summed E-state index contributed by atoms with van der Waals surface area (Å²) in [5, 5.41) is 8.32. The van der Waals surface area contributed by atoms with Crippen LogP contribution in [0.3, 0.4) is 0 Å². The molecule has 0 bridgehead atoms. The van der Waals surface area contributed by atoms with E-state index in [1.165, 1.54) is 0 Å². The lowest BCUT2D eigenvalue weighted by atomic mass is 10.2. The fraction of sp³-hybridized carbons (Fsp3) is 0.0909. The van der Waals surface area contributed by atoms with Gasteiger partial charge in [-0.25, -0.2) is 0 Å². The summed E-state index contributed by atoms with van der Waals surface area (Å²) in [4.78, 5) is 3.12. The van der Waals surface area contributed by atoms with Gasteiger partial charge in [0.1, 0.15) is 5.75 Å². The van der Waals surface area contributed by atoms with E-state index in [4.69, 9.17) is 16.2 Å². The van der Waals surface area contributed by atoms with Crippen LogP contribution in [0.25, 0.3) is 10.9 Å². The molecule has 0 aliphatic carbocycles. The van der Waals surface area contributed by atoms with Crippen molar-refractivity contribution in [2.75, 3.05) is 7.11 Å². The van der Waals surface area contributed by atoms with Crippen LogP contribution in [0.5, 0.6) is 5.75 Å². The van der Waals surface area contributed by atoms with Crippen molar-refractivity contribution in [3.8, 4) is 5.75 Å². The summed E-state index contributed by atoms with van der Waals surface area (Å²) < 4.78 is 5.16. The van der Waals surface area contributed by atoms with Crippen molar-refractivity contribution >= 4 is 35.5 Å². The number of nitrogens with two attached hydrogens (primary N) is 2. The molecule has 1 aromatic heterocycles. The smallest absolute Gasteiger partial charge is 0.211 e. The van der Waals surface area contributed by atoms with Crippen molar-refractivity contribution < 1.29 is 4.74 Å². The number of aromatic amines is 1. The zero-order chi connectivity index (χ0) is 12.3. The van der Waals surface area contributed by atoms with Gasteiger partial charge in [0.2, 0.25) is 5.96 Å². The lowest BCUT2D eigenvalue weighted by Crippen LogP contribution is -2.21. The summed E-state index contributed by atoms with van der Waals surface area (Å²) in [6, 6.07) is 5.74. The molecule has 6 nitrogen and oxygen atoms in total. The van der Waals surface area contributed by atoms with E-state index in [1.54, 1.807) is 13.3 Å². The van der Waals surface area contributed by atoms with Gasteiger partial charge in [-0.1, -0.05) is 0 Å². The third-order valence-electron chi connectivity index (χ3n) is 2.29. The molecule has 0 saturated heterocycles. The van der Waals surface area contributed by atoms with Gasteiger partial charge in [0, 0.05) is 22.7 Å². The highest BCUT2D eigenvalue weighted by molar-refractivity contribution is 5.99. The summed E-state index contributed by atoms with van der Waals surface area (Å²) in [5.74, 6) is 0.715. The molecule has 18 heavy (non-hydrogen) atoms. The molecule has 1 heterocycles. The third-order valence-corrected chi connectivity index (χ3v) is 2.29. The molecule has 5 N–H and O–H groups in total. The quantitative estimate of drug-likeness (QED) is 0.442. The van der Waals surface area contributed by atoms with Crippen molar-refractivity contribution in [1.82, 2.24) is 4.98 Å². The first kappa shape index (κ1) is 13.9. The van der Waals surface area contributed by atoms with Crippen LogP contribution in [0.15, 0.2) is 34.6 Å². The Bertz CT molecular complexity index is 586. The maximum absolute atomic E-state index is 5.18. The molecule has 0 aliphatic rings. The molecule has 96 valence electrons. The molecule has 0 amide bonds. The number of benzene rings is 1. The number of fused-ring (bicyclic) bond motifs is 1. The number of halogens is 1. The fourth-order valence-electron chi connectivity index (χ4n) is 1.51. The minimum absolute atomic E-state index is 0. The van der Waals surface area contributed by atoms with E-state index in [2.05, 4.69) is 15.2 Å². The second-order valence-corrected chi connectivity index (χ2v) is 3.42. The third kappa shape index (κ3) is 2.92. The summed E-state index contributed by atoms with van der Waals surface area (Å²) >= 11 is 0. The van der Waals surface area contributed by atoms with E-state index in [-0.39, 0.29) is 18.4 Å². The first-order chi connectivity index (χ1) is 8.20. The maximum Gasteiger partial charge on any atom is 0.211 e. The highest BCUT2D eigenvalue weighted by atomic mass is 35.5. The van der Waals surface area contributed by atoms with Crippen LogP contribution in [0.1, 0.15) is 5.56 Å². The van der Waals surface area contributed by atoms with Gasteiger partial charge in [0.25, 0.3) is 0 Å². The lowest BCUT2D eigenvalue weighted by Gasteiger charge is -1.98. The monoisotopic (exact) mass is 267 g/mol. The van der Waals surface area contributed by atoms with Gasteiger partial charge < -0.3 is 21.2 Å². The SMILES string of the molecule is COc1ccc2[nH]cc(/C=N/N=C(N)N)c2c1.Cl. The second kappa shape index (κ2) is 5.92. The molecule has 0 fully saturated rings. The summed E-state index contributed by atoms with van der Waals surface area (Å²) in [6.07, 6.45) is 3.41. The molecule has 0 atom stereocenters. The minimum Gasteiger partial charge on any atom is -0.497 e. The summed E-state index contributed by atoms with van der Waals surface area (Å²) in [7, 11) is 1.63. The molecular weight excluding hydrogens is 254 g/mol. The number of nitrogens with one attached hydrogen (secondary N) is 1. The molecular formula is C11H14ClN5O. The average molecular weight is 268 g/mol. The first-order valence-corrected chi connectivity index (χ1v) is 4.98. The Morgan fingerprint density at radius 3 is 2.83 bits per heavy atom. The van der Waals surface area contributed by atoms with E-state index in [0.29, 0.717) is 0 Å². The zero-order valence-electron chi connectivity index (χ0n) is 9.75. The Labute approximate surface area is 110 Å². The maximum atomic E-state index is 5.18. The average Bonchev–Trinajstić information content (AvgIpc) is 2.71. The van der Waals surface area contributed by atoms with E-state index in [9.17, 15) is 0 Å². The first-order valence-electron chi connectivity index (χ1n) is 4.98. The van der Waals surface area contributed by atoms with Crippen LogP contribution in [0.2, 0.25) is 0 Å². The van der Waals surface area contributed by atoms with Crippen LogP contribution in [0, 0.1) is 0 Å². The number of aromatic nitrogens is 1. The van der Waals surface area contributed by atoms with Gasteiger partial charge in [-0.3, -0.25) is 0 Å². The van der Waals surface area contributed by atoms with Gasteiger partial charge >= 0.3 is 0 Å². The number of H-pyrrole nitrogens is 1. The van der Waals surface area contributed by atoms with Crippen LogP contribution in [0.4, 0.5) is 0 Å². The van der Waals surface area contributed by atoms with Crippen LogP contribution in [-0.4, -0.2) is 24.3 Å². The summed E-state index contributed by atoms with van der Waals surface area (Å²) in [5.41, 5.74) is 12.2. The molecule has 0 unspecified atom stereocenters. The zero-order valence-corrected chi connectivity index (χ0v) is 10.6. The summed E-state index contributed by atoms with van der Waals surface area (Å²) in [6.45, 7) is 0. The number of nitrogens with zero attached hydrogens (tertiary/aromatic N) is 2. The largest absolute Gasteiger partial charge is 0.497 e. The molecule has 2 aromatic rings. The minimum atomic E-state index is -0.0707. The highest BCUT2D eigenvalue weighted by Crippen LogP contribution is 2.22. The van der Waals surface area contributed by atoms with Crippen molar-refractivity contribution in [2.45, 2.75) is 0 Å². The second-order valence-electron chi connectivity index (χ2n) is 3.42. The van der Waals surface area contributed by atoms with E-state index in [1.807, 2.05) is 24.4 Å². The van der Waals surface area contributed by atoms with Crippen molar-refractivity contribution in [3.63, 3.8) is 0 Å². The Morgan fingerprint density at radius 1 is 1.39 bits per heavy atom. The van der Waals surface area contributed by atoms with Gasteiger partial charge in [-0.15, -0.1) is 17.5 Å². The van der Waals surface area contributed by atoms with Crippen molar-refractivity contribution in [1.29, 1.82) is 0 Å². The molecule has 0 radical (unpaired) electrons. The Balaban J connectivity index is 0.00000162. The van der Waals surface area contributed by atoms with Crippen molar-refractivity contribution in [2.24, 2.45) is 21.7 Å². The normalized spacial score (nSPS) is 10.3. The van der Waals surface area contributed by atoms with Crippen LogP contribution < -0.4 is 16.2 Å². The molecule has 2 rings (SSSR count). The predicted molar refractivity (Wildman–Crippen MR) is 75.5 cm³/mol. The van der Waals surface area contributed by atoms with Gasteiger partial charge in [-0.05, 0) is 18.2 Å². The number of hydrogen-bond acceptors (Lipinski definition) is 3. The topological polar surface area (TPSA) is 102 Å². The predicted octanol–water partition coefficient (Wildman–Crippen LogP) is 1.21. The van der Waals surface area contributed by atoms with Gasteiger partial charge in [0.05, 0.1) is 13.3 Å². The molecule has 0 saturated carbocycles. The molecule has 7 heteroatoms. The fourth-order valence-corrected chi connectivity index (χ4v) is 1.51. The van der Waals surface area contributed by atoms with E-state index >= 15 is 0 Å². The molecule has 0 aliphatic heterocycles. The number of ether oxygens (including phenoxy) is 1. The number of rotatable bonds is 3. The van der Waals surface area contributed by atoms with E-state index in [0.717, 1.165) is 22.2 Å². The lowest BCUT2D eigenvalue weighted by molar-refractivity contribution is 0.415. The van der Waals surface area contributed by atoms with Crippen LogP contribution in [-0.2, 0) is 0 Å². The standard InChI is InChI=1S/C11H13N5O.ClH/c1-17-8-2-3-10-9(4-8)7(5-14-10)6-15-16-11(12)13;/h2-6,14H,1H3,(H4,12,13,16);1H/b15-6+;. The number of methoxy groups -OCH3 is 1. The van der Waals surface area contributed by atoms with E-state index < -0.39 is 0 Å². The van der Waals surface area contributed by atoms with Crippen molar-refractivity contribution in [3.05, 3.63) is 30.0 Å². The number of hydrogen-bond donors (Lipinski definition) is 3. The Hall–Kier alpha value is -2.21. The Morgan fingerprint density at radius 2 is 2.17 bits per heavy atom.